The summed E-state index contributed by atoms with van der Waals surface area (Å²) in [5, 5.41) is 33.2. The highest BCUT2D eigenvalue weighted by Gasteiger charge is 2.33. The van der Waals surface area contributed by atoms with Crippen molar-refractivity contribution in [1.29, 1.82) is 10.5 Å². The van der Waals surface area contributed by atoms with Gasteiger partial charge in [0.15, 0.2) is 0 Å². The summed E-state index contributed by atoms with van der Waals surface area (Å²) in [5.41, 5.74) is 14.1. The number of nitriles is 2. The van der Waals surface area contributed by atoms with Gasteiger partial charge in [-0.3, -0.25) is 0 Å². The minimum Gasteiger partial charge on any atom is -0.307 e. The van der Waals surface area contributed by atoms with E-state index in [0.29, 0.717) is 16.7 Å². The number of thiophene rings is 2. The zero-order valence-corrected chi connectivity index (χ0v) is 41.2. The van der Waals surface area contributed by atoms with Gasteiger partial charge in [-0.05, 0) is 45.5 Å². The lowest BCUT2D eigenvalue weighted by Crippen LogP contribution is -2.11. The van der Waals surface area contributed by atoms with Crippen molar-refractivity contribution in [3.05, 3.63) is 242 Å². The molecule has 0 bridgehead atoms. The molecule has 0 amide bonds. The van der Waals surface area contributed by atoms with Crippen molar-refractivity contribution in [2.75, 3.05) is 0 Å². The molecular weight excluding hydrogens is 937 g/mol. The molecule has 15 rings (SSSR count). The first-order valence-corrected chi connectivity index (χ1v) is 26.3. The first kappa shape index (κ1) is 42.2. The molecule has 0 N–H and O–H groups in total. The number of hydrogen-bond acceptors (Lipinski definition) is 4. The van der Waals surface area contributed by atoms with Gasteiger partial charge in [0.25, 0.3) is 0 Å². The first-order chi connectivity index (χ1) is 36.7. The predicted octanol–water partition coefficient (Wildman–Crippen LogP) is 19.0. The van der Waals surface area contributed by atoms with E-state index >= 15 is 0 Å². The van der Waals surface area contributed by atoms with E-state index in [-0.39, 0.29) is 0 Å². The molecule has 0 spiro atoms. The van der Waals surface area contributed by atoms with Crippen LogP contribution in [0.25, 0.3) is 140 Å². The van der Waals surface area contributed by atoms with Crippen LogP contribution in [0.4, 0.5) is 0 Å². The smallest absolute Gasteiger partial charge is 0.102 e. The van der Waals surface area contributed by atoms with E-state index in [1.165, 1.54) is 31.3 Å². The van der Waals surface area contributed by atoms with Crippen LogP contribution in [0.1, 0.15) is 11.1 Å². The number of rotatable bonds is 6. The maximum Gasteiger partial charge on any atom is 0.102 e. The monoisotopic (exact) mass is 974 g/mol. The number of nitrogens with zero attached hydrogens (tertiary/aromatic N) is 4. The van der Waals surface area contributed by atoms with Crippen molar-refractivity contribution in [2.45, 2.75) is 0 Å². The van der Waals surface area contributed by atoms with Gasteiger partial charge in [-0.15, -0.1) is 22.7 Å². The highest BCUT2D eigenvalue weighted by molar-refractivity contribution is 7.28. The van der Waals surface area contributed by atoms with E-state index in [1.54, 1.807) is 0 Å². The fourth-order valence-corrected chi connectivity index (χ4v) is 14.7. The second-order valence-corrected chi connectivity index (χ2v) is 20.9. The standard InChI is InChI=1S/C68H38N4S2/c69-39-55-59(43-23-9-3-10-24-43)56(40-70)62(60(44-25-11-4-12-26-44)61(55)71-57-33-15-13-27-47(57)48-28-14-16-34-58(48)71)72-63-49(35-37-53-51-31-17-29-45(65(51)73-67(53)63)41-19-5-1-6-20-41)50-36-38-54-52-32-18-30-46(42-21-7-2-8-22-42)66(52)74-68(54)64(50)72/h1-38H. The van der Waals surface area contributed by atoms with Gasteiger partial charge in [-0.25, -0.2) is 0 Å². The zero-order valence-electron chi connectivity index (χ0n) is 39.5. The largest absolute Gasteiger partial charge is 0.307 e. The predicted molar refractivity (Wildman–Crippen MR) is 312 cm³/mol. The molecule has 342 valence electrons. The molecule has 4 heterocycles. The summed E-state index contributed by atoms with van der Waals surface area (Å²) in [5.74, 6) is 0. The molecule has 0 aliphatic heterocycles. The Balaban J connectivity index is 1.23. The molecule has 0 saturated heterocycles. The molecule has 4 nitrogen and oxygen atoms in total. The fourth-order valence-electron chi connectivity index (χ4n) is 11.9. The third kappa shape index (κ3) is 5.99. The lowest BCUT2D eigenvalue weighted by atomic mass is 9.86. The van der Waals surface area contributed by atoms with Crippen LogP contribution in [-0.4, -0.2) is 9.13 Å². The third-order valence-electron chi connectivity index (χ3n) is 15.0. The molecule has 0 fully saturated rings. The molecule has 0 aliphatic rings. The SMILES string of the molecule is N#Cc1c(-c2ccccc2)c(C#N)c(-n2c3c(ccc4c5cccc(-c6ccccc6)c5sc43)c3ccc4c5cccc(-c6ccccc6)c5sc4c32)c(-c2ccccc2)c1-n1c2ccccc2c2ccccc21. The topological polar surface area (TPSA) is 57.4 Å². The summed E-state index contributed by atoms with van der Waals surface area (Å²) >= 11 is 3.64. The van der Waals surface area contributed by atoms with Gasteiger partial charge in [0.05, 0.1) is 54.0 Å². The summed E-state index contributed by atoms with van der Waals surface area (Å²) in [6.45, 7) is 0. The Morgan fingerprint density at radius 3 is 1.08 bits per heavy atom. The van der Waals surface area contributed by atoms with Crippen LogP contribution in [-0.2, 0) is 0 Å². The summed E-state index contributed by atoms with van der Waals surface area (Å²) in [6, 6.07) is 86.9. The van der Waals surface area contributed by atoms with Crippen LogP contribution < -0.4 is 0 Å². The summed E-state index contributed by atoms with van der Waals surface area (Å²) in [7, 11) is 0. The Kier molecular flexibility index (Phi) is 9.40. The molecule has 6 heteroatoms. The zero-order chi connectivity index (χ0) is 49.0. The Morgan fingerprint density at radius 2 is 0.635 bits per heavy atom. The van der Waals surface area contributed by atoms with E-state index < -0.39 is 0 Å². The van der Waals surface area contributed by atoms with Crippen molar-refractivity contribution >= 4 is 107 Å². The highest BCUT2D eigenvalue weighted by Crippen LogP contribution is 2.53. The lowest BCUT2D eigenvalue weighted by molar-refractivity contribution is 1.13. The molecule has 11 aromatic carbocycles. The second kappa shape index (κ2) is 16.5. The van der Waals surface area contributed by atoms with Crippen molar-refractivity contribution in [2.24, 2.45) is 0 Å². The molecule has 0 atom stereocenters. The normalized spacial score (nSPS) is 11.8. The van der Waals surface area contributed by atoms with Crippen LogP contribution in [0.2, 0.25) is 0 Å². The Labute approximate surface area is 433 Å². The maximum absolute atomic E-state index is 12.3. The van der Waals surface area contributed by atoms with Crippen molar-refractivity contribution < 1.29 is 0 Å². The van der Waals surface area contributed by atoms with Gasteiger partial charge in [0, 0.05) is 63.6 Å². The van der Waals surface area contributed by atoms with Gasteiger partial charge < -0.3 is 9.13 Å². The number of para-hydroxylation sites is 2. The number of hydrogen-bond donors (Lipinski definition) is 0. The van der Waals surface area contributed by atoms with E-state index in [9.17, 15) is 10.5 Å². The molecule has 15 aromatic rings. The Hall–Kier alpha value is -9.56. The van der Waals surface area contributed by atoms with Gasteiger partial charge >= 0.3 is 0 Å². The number of fused-ring (bicyclic) bond motifs is 14. The fraction of sp³-hybridized carbons (Fsp3) is 0. The number of benzene rings is 11. The van der Waals surface area contributed by atoms with E-state index in [0.717, 1.165) is 103 Å². The molecule has 0 saturated carbocycles. The van der Waals surface area contributed by atoms with E-state index in [2.05, 4.69) is 215 Å². The molecule has 0 unspecified atom stereocenters. The average molecular weight is 975 g/mol. The third-order valence-corrected chi connectivity index (χ3v) is 17.5. The van der Waals surface area contributed by atoms with Gasteiger partial charge in [-0.2, -0.15) is 10.5 Å². The molecule has 0 radical (unpaired) electrons. The van der Waals surface area contributed by atoms with Crippen LogP contribution in [0.15, 0.2) is 231 Å². The first-order valence-electron chi connectivity index (χ1n) is 24.7. The van der Waals surface area contributed by atoms with Crippen molar-refractivity contribution in [1.82, 2.24) is 9.13 Å². The van der Waals surface area contributed by atoms with Gasteiger partial charge in [0.1, 0.15) is 12.1 Å². The maximum atomic E-state index is 12.3. The molecule has 0 aliphatic carbocycles. The lowest BCUT2D eigenvalue weighted by Gasteiger charge is -2.25. The molecular formula is C68H38N4S2. The average Bonchev–Trinajstić information content (AvgIpc) is 4.24. The van der Waals surface area contributed by atoms with E-state index in [1.807, 2.05) is 59.1 Å². The minimum atomic E-state index is 0.432. The second-order valence-electron chi connectivity index (χ2n) is 18.8. The van der Waals surface area contributed by atoms with Crippen LogP contribution in [0, 0.1) is 22.7 Å². The van der Waals surface area contributed by atoms with Gasteiger partial charge in [-0.1, -0.05) is 218 Å². The van der Waals surface area contributed by atoms with Crippen molar-refractivity contribution in [3.8, 4) is 68.0 Å². The van der Waals surface area contributed by atoms with Gasteiger partial charge in [0.2, 0.25) is 0 Å². The summed E-state index contributed by atoms with van der Waals surface area (Å²) in [6.07, 6.45) is 0. The quantitative estimate of drug-likeness (QED) is 0.167. The Morgan fingerprint density at radius 1 is 0.284 bits per heavy atom. The van der Waals surface area contributed by atoms with Crippen LogP contribution in [0.3, 0.4) is 0 Å². The number of aromatic nitrogens is 2. The Bertz CT molecular complexity index is 4670. The van der Waals surface area contributed by atoms with Crippen LogP contribution >= 0.6 is 22.7 Å². The minimum absolute atomic E-state index is 0.432. The van der Waals surface area contributed by atoms with E-state index in [4.69, 9.17) is 0 Å². The summed E-state index contributed by atoms with van der Waals surface area (Å²) < 4.78 is 9.41. The summed E-state index contributed by atoms with van der Waals surface area (Å²) in [4.78, 5) is 0. The van der Waals surface area contributed by atoms with Crippen molar-refractivity contribution in [3.63, 3.8) is 0 Å². The highest BCUT2D eigenvalue weighted by atomic mass is 32.1. The molecule has 4 aromatic heterocycles. The van der Waals surface area contributed by atoms with Crippen LogP contribution in [0.5, 0.6) is 0 Å². The molecule has 74 heavy (non-hydrogen) atoms.